The minimum Gasteiger partial charge on any atom is -0.371 e. The SMILES string of the molecule is Fc1cc(N2CCCC2)ccc1-c1nc2ccccc2[nH]1. The summed E-state index contributed by atoms with van der Waals surface area (Å²) in [4.78, 5) is 9.87. The second-order valence-corrected chi connectivity index (χ2v) is 5.46. The van der Waals surface area contributed by atoms with Crippen molar-refractivity contribution in [3.8, 4) is 11.4 Å². The Labute approximate surface area is 122 Å². The largest absolute Gasteiger partial charge is 0.371 e. The Morgan fingerprint density at radius 1 is 1.05 bits per heavy atom. The molecule has 3 nitrogen and oxygen atoms in total. The van der Waals surface area contributed by atoms with E-state index in [1.165, 1.54) is 12.8 Å². The fourth-order valence-corrected chi connectivity index (χ4v) is 2.95. The number of nitrogens with zero attached hydrogens (tertiary/aromatic N) is 2. The van der Waals surface area contributed by atoms with Gasteiger partial charge in [0.1, 0.15) is 11.6 Å². The van der Waals surface area contributed by atoms with Gasteiger partial charge in [-0.3, -0.25) is 0 Å². The first-order valence-electron chi connectivity index (χ1n) is 7.31. The van der Waals surface area contributed by atoms with Gasteiger partial charge in [-0.25, -0.2) is 9.37 Å². The van der Waals surface area contributed by atoms with Gasteiger partial charge in [-0.15, -0.1) is 0 Å². The number of halogens is 1. The van der Waals surface area contributed by atoms with Crippen molar-refractivity contribution in [3.05, 3.63) is 48.3 Å². The predicted molar refractivity (Wildman–Crippen MR) is 82.9 cm³/mol. The van der Waals surface area contributed by atoms with Crippen LogP contribution in [0.25, 0.3) is 22.4 Å². The minimum absolute atomic E-state index is 0.224. The number of anilines is 1. The van der Waals surface area contributed by atoms with Gasteiger partial charge in [-0.05, 0) is 43.2 Å². The third kappa shape index (κ3) is 2.17. The van der Waals surface area contributed by atoms with Crippen LogP contribution in [0.3, 0.4) is 0 Å². The molecule has 1 N–H and O–H groups in total. The molecule has 2 aromatic carbocycles. The number of aromatic amines is 1. The topological polar surface area (TPSA) is 31.9 Å². The molecule has 1 aliphatic rings. The molecule has 0 aliphatic carbocycles. The van der Waals surface area contributed by atoms with Gasteiger partial charge in [0.15, 0.2) is 0 Å². The molecule has 21 heavy (non-hydrogen) atoms. The monoisotopic (exact) mass is 281 g/mol. The second kappa shape index (κ2) is 4.88. The summed E-state index contributed by atoms with van der Waals surface area (Å²) in [5.41, 5.74) is 3.27. The van der Waals surface area contributed by atoms with Gasteiger partial charge in [0.05, 0.1) is 16.6 Å². The average molecular weight is 281 g/mol. The number of fused-ring (bicyclic) bond motifs is 1. The summed E-state index contributed by atoms with van der Waals surface area (Å²) < 4.78 is 14.4. The molecule has 1 aliphatic heterocycles. The van der Waals surface area contributed by atoms with Gasteiger partial charge >= 0.3 is 0 Å². The van der Waals surface area contributed by atoms with Gasteiger partial charge in [-0.2, -0.15) is 0 Å². The summed E-state index contributed by atoms with van der Waals surface area (Å²) in [6.45, 7) is 2.03. The lowest BCUT2D eigenvalue weighted by Crippen LogP contribution is -2.17. The number of imidazole rings is 1. The first-order chi connectivity index (χ1) is 10.3. The normalized spacial score (nSPS) is 15.0. The molecule has 0 amide bonds. The molecule has 1 aromatic heterocycles. The highest BCUT2D eigenvalue weighted by molar-refractivity contribution is 5.79. The molecule has 0 bridgehead atoms. The average Bonchev–Trinajstić information content (AvgIpc) is 3.16. The summed E-state index contributed by atoms with van der Waals surface area (Å²) >= 11 is 0. The Morgan fingerprint density at radius 3 is 2.62 bits per heavy atom. The van der Waals surface area contributed by atoms with E-state index in [-0.39, 0.29) is 5.82 Å². The molecule has 0 unspecified atom stereocenters. The molecule has 3 aromatic rings. The van der Waals surface area contributed by atoms with Crippen LogP contribution < -0.4 is 4.90 Å². The van der Waals surface area contributed by atoms with Crippen LogP contribution in [0.5, 0.6) is 0 Å². The maximum Gasteiger partial charge on any atom is 0.141 e. The molecule has 0 radical (unpaired) electrons. The van der Waals surface area contributed by atoms with Gasteiger partial charge in [0.2, 0.25) is 0 Å². The molecule has 0 spiro atoms. The number of hydrogen-bond acceptors (Lipinski definition) is 2. The molecule has 0 atom stereocenters. The van der Waals surface area contributed by atoms with Crippen molar-refractivity contribution in [2.75, 3.05) is 18.0 Å². The fourth-order valence-electron chi connectivity index (χ4n) is 2.95. The van der Waals surface area contributed by atoms with Crippen molar-refractivity contribution in [3.63, 3.8) is 0 Å². The van der Waals surface area contributed by atoms with Crippen LogP contribution in [0.15, 0.2) is 42.5 Å². The zero-order valence-corrected chi connectivity index (χ0v) is 11.6. The molecular weight excluding hydrogens is 265 g/mol. The lowest BCUT2D eigenvalue weighted by atomic mass is 10.1. The number of nitrogens with one attached hydrogen (secondary N) is 1. The molecule has 1 saturated heterocycles. The zero-order valence-electron chi connectivity index (χ0n) is 11.6. The van der Waals surface area contributed by atoms with Crippen LogP contribution >= 0.6 is 0 Å². The van der Waals surface area contributed by atoms with E-state index < -0.39 is 0 Å². The van der Waals surface area contributed by atoms with Crippen molar-refractivity contribution in [1.82, 2.24) is 9.97 Å². The van der Waals surface area contributed by atoms with Crippen LogP contribution in [-0.2, 0) is 0 Å². The molecule has 4 rings (SSSR count). The Hall–Kier alpha value is -2.36. The van der Waals surface area contributed by atoms with Crippen LogP contribution in [-0.4, -0.2) is 23.1 Å². The summed E-state index contributed by atoms with van der Waals surface area (Å²) in [7, 11) is 0. The molecular formula is C17H16FN3. The van der Waals surface area contributed by atoms with Gasteiger partial charge in [0, 0.05) is 18.8 Å². The number of hydrogen-bond donors (Lipinski definition) is 1. The summed E-state index contributed by atoms with van der Waals surface area (Å²) in [5.74, 6) is 0.361. The van der Waals surface area contributed by atoms with Gasteiger partial charge < -0.3 is 9.88 Å². The third-order valence-corrected chi connectivity index (χ3v) is 4.07. The Bertz CT molecular complexity index is 755. The van der Waals surface area contributed by atoms with Crippen LogP contribution in [0.1, 0.15) is 12.8 Å². The Morgan fingerprint density at radius 2 is 1.86 bits per heavy atom. The molecule has 4 heteroatoms. The van der Waals surface area contributed by atoms with E-state index in [4.69, 9.17) is 0 Å². The van der Waals surface area contributed by atoms with Crippen molar-refractivity contribution < 1.29 is 4.39 Å². The predicted octanol–water partition coefficient (Wildman–Crippen LogP) is 3.97. The standard InChI is InChI=1S/C17H16FN3/c18-14-11-12(21-9-3-4-10-21)7-8-13(14)17-19-15-5-1-2-6-16(15)20-17/h1-2,5-8,11H,3-4,9-10H2,(H,19,20). The number of H-pyrrole nitrogens is 1. The number of para-hydroxylation sites is 2. The number of rotatable bonds is 2. The number of aromatic nitrogens is 2. The molecule has 106 valence electrons. The van der Waals surface area contributed by atoms with E-state index in [1.807, 2.05) is 36.4 Å². The smallest absolute Gasteiger partial charge is 0.141 e. The van der Waals surface area contributed by atoms with E-state index in [2.05, 4.69) is 14.9 Å². The molecule has 1 fully saturated rings. The molecule has 0 saturated carbocycles. The van der Waals surface area contributed by atoms with Gasteiger partial charge in [0.25, 0.3) is 0 Å². The van der Waals surface area contributed by atoms with E-state index in [0.717, 1.165) is 29.8 Å². The summed E-state index contributed by atoms with van der Waals surface area (Å²) in [6, 6.07) is 13.2. The first kappa shape index (κ1) is 12.4. The van der Waals surface area contributed by atoms with Crippen molar-refractivity contribution >= 4 is 16.7 Å². The van der Waals surface area contributed by atoms with Crippen molar-refractivity contribution in [2.24, 2.45) is 0 Å². The highest BCUT2D eigenvalue weighted by atomic mass is 19.1. The highest BCUT2D eigenvalue weighted by Gasteiger charge is 2.16. The minimum atomic E-state index is -0.224. The van der Waals surface area contributed by atoms with E-state index in [9.17, 15) is 4.39 Å². The zero-order chi connectivity index (χ0) is 14.2. The molecule has 2 heterocycles. The van der Waals surface area contributed by atoms with Crippen LogP contribution in [0.4, 0.5) is 10.1 Å². The van der Waals surface area contributed by atoms with E-state index >= 15 is 0 Å². The lowest BCUT2D eigenvalue weighted by molar-refractivity contribution is 0.629. The van der Waals surface area contributed by atoms with Crippen molar-refractivity contribution in [2.45, 2.75) is 12.8 Å². The lowest BCUT2D eigenvalue weighted by Gasteiger charge is -2.17. The van der Waals surface area contributed by atoms with E-state index in [1.54, 1.807) is 6.07 Å². The Balaban J connectivity index is 1.74. The summed E-state index contributed by atoms with van der Waals surface area (Å²) in [6.07, 6.45) is 2.37. The second-order valence-electron chi connectivity index (χ2n) is 5.46. The maximum atomic E-state index is 14.4. The first-order valence-corrected chi connectivity index (χ1v) is 7.31. The fraction of sp³-hybridized carbons (Fsp3) is 0.235. The highest BCUT2D eigenvalue weighted by Crippen LogP contribution is 2.28. The van der Waals surface area contributed by atoms with Crippen LogP contribution in [0.2, 0.25) is 0 Å². The van der Waals surface area contributed by atoms with Crippen molar-refractivity contribution in [1.29, 1.82) is 0 Å². The van der Waals surface area contributed by atoms with Gasteiger partial charge in [-0.1, -0.05) is 12.1 Å². The van der Waals surface area contributed by atoms with Crippen LogP contribution in [0, 0.1) is 5.82 Å². The number of benzene rings is 2. The Kier molecular flexibility index (Phi) is 2.88. The quantitative estimate of drug-likeness (QED) is 0.770. The third-order valence-electron chi connectivity index (χ3n) is 4.07. The summed E-state index contributed by atoms with van der Waals surface area (Å²) in [5, 5.41) is 0. The maximum absolute atomic E-state index is 14.4. The van der Waals surface area contributed by atoms with E-state index in [0.29, 0.717) is 11.4 Å².